The molecule has 0 radical (unpaired) electrons. The second kappa shape index (κ2) is 7.13. The summed E-state index contributed by atoms with van der Waals surface area (Å²) in [7, 11) is 1.86. The number of hydrogen-bond donors (Lipinski definition) is 0. The van der Waals surface area contributed by atoms with Crippen LogP contribution in [0.5, 0.6) is 0 Å². The molecule has 1 aliphatic heterocycles. The summed E-state index contributed by atoms with van der Waals surface area (Å²) in [5.41, 5.74) is 3.51. The van der Waals surface area contributed by atoms with Gasteiger partial charge < -0.3 is 4.90 Å². The van der Waals surface area contributed by atoms with Crippen LogP contribution >= 0.6 is 0 Å². The number of benzene rings is 1. The summed E-state index contributed by atoms with van der Waals surface area (Å²) >= 11 is 0. The molecule has 3 aromatic rings. The van der Waals surface area contributed by atoms with Crippen LogP contribution < -0.4 is 5.56 Å². The number of amides is 1. The molecule has 2 aliphatic rings. The van der Waals surface area contributed by atoms with E-state index >= 15 is 0 Å². The van der Waals surface area contributed by atoms with Crippen LogP contribution in [0.25, 0.3) is 10.9 Å². The largest absolute Gasteiger partial charge is 0.332 e. The summed E-state index contributed by atoms with van der Waals surface area (Å²) < 4.78 is 3.32. The zero-order valence-corrected chi connectivity index (χ0v) is 16.7. The van der Waals surface area contributed by atoms with E-state index in [4.69, 9.17) is 0 Å². The fourth-order valence-electron chi connectivity index (χ4n) is 4.73. The predicted molar refractivity (Wildman–Crippen MR) is 110 cm³/mol. The lowest BCUT2D eigenvalue weighted by molar-refractivity contribution is 0.0715. The maximum Gasteiger partial charge on any atom is 0.275 e. The third-order valence-electron chi connectivity index (χ3n) is 6.26. The number of fused-ring (bicyclic) bond motifs is 2. The zero-order chi connectivity index (χ0) is 20.0. The van der Waals surface area contributed by atoms with Crippen molar-refractivity contribution >= 4 is 16.8 Å². The Kier molecular flexibility index (Phi) is 4.45. The van der Waals surface area contributed by atoms with Crippen LogP contribution in [0.15, 0.2) is 35.1 Å². The Morgan fingerprint density at radius 1 is 1.14 bits per heavy atom. The second-order valence-electron chi connectivity index (χ2n) is 8.13. The number of carbonyl (C=O) groups excluding carboxylic acids is 1. The van der Waals surface area contributed by atoms with Gasteiger partial charge in [-0.15, -0.1) is 0 Å². The van der Waals surface area contributed by atoms with E-state index in [1.807, 2.05) is 36.2 Å². The molecular weight excluding hydrogens is 366 g/mol. The minimum Gasteiger partial charge on any atom is -0.332 e. The lowest BCUT2D eigenvalue weighted by Gasteiger charge is -2.25. The van der Waals surface area contributed by atoms with Crippen molar-refractivity contribution in [2.45, 2.75) is 51.1 Å². The quantitative estimate of drug-likeness (QED) is 0.687. The van der Waals surface area contributed by atoms with Gasteiger partial charge in [-0.1, -0.05) is 18.2 Å². The van der Waals surface area contributed by atoms with E-state index in [9.17, 15) is 9.59 Å². The summed E-state index contributed by atoms with van der Waals surface area (Å²) in [5.74, 6) is -0.0599. The molecule has 0 saturated carbocycles. The Morgan fingerprint density at radius 2 is 1.97 bits per heavy atom. The summed E-state index contributed by atoms with van der Waals surface area (Å²) in [6.45, 7) is 1.14. The first kappa shape index (κ1) is 18.1. The summed E-state index contributed by atoms with van der Waals surface area (Å²) in [5, 5.41) is 10.0. The third-order valence-corrected chi connectivity index (χ3v) is 6.26. The molecule has 3 heterocycles. The standard InChI is InChI=1S/C22H25N5O2/c1-25-19-11-5-3-9-17(19)21(24-25)22(29)26-12-6-8-16(26)14-27-20(28)13-15-7-2-4-10-18(15)23-27/h3,5,9,11,13,16H,2,4,6-8,10,12,14H2,1H3. The molecule has 0 bridgehead atoms. The van der Waals surface area contributed by atoms with Crippen molar-refractivity contribution < 1.29 is 4.79 Å². The number of aryl methyl sites for hydroxylation is 3. The van der Waals surface area contributed by atoms with Crippen LogP contribution in [-0.4, -0.2) is 43.0 Å². The number of likely N-dealkylation sites (tertiary alicyclic amines) is 1. The Hall–Kier alpha value is -2.96. The van der Waals surface area contributed by atoms with Crippen molar-refractivity contribution in [3.05, 3.63) is 57.6 Å². The van der Waals surface area contributed by atoms with Crippen LogP contribution in [-0.2, 0) is 26.4 Å². The third kappa shape index (κ3) is 3.14. The van der Waals surface area contributed by atoms with Gasteiger partial charge in [-0.2, -0.15) is 10.2 Å². The zero-order valence-electron chi connectivity index (χ0n) is 16.7. The van der Waals surface area contributed by atoms with Crippen molar-refractivity contribution in [2.24, 2.45) is 7.05 Å². The molecule has 0 N–H and O–H groups in total. The van der Waals surface area contributed by atoms with E-state index in [0.717, 1.165) is 60.7 Å². The molecule has 1 amide bonds. The van der Waals surface area contributed by atoms with Gasteiger partial charge in [0.2, 0.25) is 0 Å². The Labute approximate surface area is 168 Å². The molecule has 0 spiro atoms. The smallest absolute Gasteiger partial charge is 0.275 e. The van der Waals surface area contributed by atoms with Crippen LogP contribution in [0.2, 0.25) is 0 Å². The van der Waals surface area contributed by atoms with E-state index in [0.29, 0.717) is 18.8 Å². The topological polar surface area (TPSA) is 73.0 Å². The van der Waals surface area contributed by atoms with Gasteiger partial charge in [0.15, 0.2) is 5.69 Å². The molecule has 7 heteroatoms. The molecule has 29 heavy (non-hydrogen) atoms. The average Bonchev–Trinajstić information content (AvgIpc) is 3.33. The fourth-order valence-corrected chi connectivity index (χ4v) is 4.73. The van der Waals surface area contributed by atoms with Gasteiger partial charge in [-0.05, 0) is 50.2 Å². The van der Waals surface area contributed by atoms with Gasteiger partial charge in [-0.25, -0.2) is 4.68 Å². The first-order chi connectivity index (χ1) is 14.1. The highest BCUT2D eigenvalue weighted by molar-refractivity contribution is 6.05. The number of rotatable bonds is 3. The van der Waals surface area contributed by atoms with Gasteiger partial charge in [0.05, 0.1) is 23.8 Å². The fraction of sp³-hybridized carbons (Fsp3) is 0.455. The van der Waals surface area contributed by atoms with E-state index in [2.05, 4.69) is 10.2 Å². The second-order valence-corrected chi connectivity index (χ2v) is 8.13. The number of aromatic nitrogens is 4. The van der Waals surface area contributed by atoms with Crippen molar-refractivity contribution in [2.75, 3.05) is 6.54 Å². The lowest BCUT2D eigenvalue weighted by atomic mass is 9.97. The summed E-state index contributed by atoms with van der Waals surface area (Å²) in [6.07, 6.45) is 5.94. The Bertz CT molecular complexity index is 1150. The minimum atomic E-state index is -0.0618. The highest BCUT2D eigenvalue weighted by atomic mass is 16.2. The Morgan fingerprint density at radius 3 is 2.86 bits per heavy atom. The van der Waals surface area contributed by atoms with E-state index in [1.165, 1.54) is 0 Å². The number of para-hydroxylation sites is 1. The maximum atomic E-state index is 13.3. The monoisotopic (exact) mass is 391 g/mol. The molecule has 1 aliphatic carbocycles. The van der Waals surface area contributed by atoms with Gasteiger partial charge in [0, 0.05) is 25.0 Å². The van der Waals surface area contributed by atoms with E-state index in [1.54, 1.807) is 15.4 Å². The van der Waals surface area contributed by atoms with E-state index in [-0.39, 0.29) is 17.5 Å². The molecule has 150 valence electrons. The first-order valence-electron chi connectivity index (χ1n) is 10.4. The minimum absolute atomic E-state index is 0.0323. The molecule has 7 nitrogen and oxygen atoms in total. The van der Waals surface area contributed by atoms with Crippen molar-refractivity contribution in [3.8, 4) is 0 Å². The highest BCUT2D eigenvalue weighted by Gasteiger charge is 2.32. The molecule has 2 aromatic heterocycles. The normalized spacial score (nSPS) is 18.9. The SMILES string of the molecule is Cn1nc(C(=O)N2CCCC2Cn2nc3c(cc2=O)CCCC3)c2ccccc21. The van der Waals surface area contributed by atoms with Crippen molar-refractivity contribution in [1.29, 1.82) is 0 Å². The van der Waals surface area contributed by atoms with Gasteiger partial charge in [0.1, 0.15) is 0 Å². The first-order valence-corrected chi connectivity index (χ1v) is 10.4. The lowest BCUT2D eigenvalue weighted by Crippen LogP contribution is -2.41. The van der Waals surface area contributed by atoms with Gasteiger partial charge >= 0.3 is 0 Å². The average molecular weight is 391 g/mol. The molecule has 1 atom stereocenters. The summed E-state index contributed by atoms with van der Waals surface area (Å²) in [4.78, 5) is 27.8. The molecule has 1 fully saturated rings. The number of carbonyl (C=O) groups is 1. The molecular formula is C22H25N5O2. The maximum absolute atomic E-state index is 13.3. The molecule has 1 saturated heterocycles. The molecule has 1 unspecified atom stereocenters. The van der Waals surface area contributed by atoms with E-state index < -0.39 is 0 Å². The number of nitrogens with zero attached hydrogens (tertiary/aromatic N) is 5. The predicted octanol–water partition coefficient (Wildman–Crippen LogP) is 2.31. The van der Waals surface area contributed by atoms with Crippen LogP contribution in [0, 0.1) is 0 Å². The van der Waals surface area contributed by atoms with Crippen LogP contribution in [0.3, 0.4) is 0 Å². The van der Waals surface area contributed by atoms with Gasteiger partial charge in [-0.3, -0.25) is 14.3 Å². The van der Waals surface area contributed by atoms with Gasteiger partial charge in [0.25, 0.3) is 11.5 Å². The molecule has 1 aromatic carbocycles. The van der Waals surface area contributed by atoms with Crippen molar-refractivity contribution in [3.63, 3.8) is 0 Å². The highest BCUT2D eigenvalue weighted by Crippen LogP contribution is 2.25. The van der Waals surface area contributed by atoms with Crippen LogP contribution in [0.1, 0.15) is 47.4 Å². The summed E-state index contributed by atoms with van der Waals surface area (Å²) in [6, 6.07) is 9.50. The van der Waals surface area contributed by atoms with Crippen LogP contribution in [0.4, 0.5) is 0 Å². The number of hydrogen-bond acceptors (Lipinski definition) is 4. The van der Waals surface area contributed by atoms with Crippen molar-refractivity contribution in [1.82, 2.24) is 24.5 Å². The Balaban J connectivity index is 1.43. The molecule has 5 rings (SSSR count).